The monoisotopic (exact) mass is 311 g/mol. The van der Waals surface area contributed by atoms with Crippen LogP contribution in [0, 0.1) is 0 Å². The van der Waals surface area contributed by atoms with Crippen LogP contribution in [0.2, 0.25) is 0 Å². The van der Waals surface area contributed by atoms with Crippen molar-refractivity contribution < 1.29 is 4.79 Å². The minimum absolute atomic E-state index is 0.0154. The predicted octanol–water partition coefficient (Wildman–Crippen LogP) is 1.96. The van der Waals surface area contributed by atoms with E-state index in [1.807, 2.05) is 30.0 Å². The van der Waals surface area contributed by atoms with Gasteiger partial charge in [0.05, 0.1) is 6.04 Å². The second-order valence-electron chi connectivity index (χ2n) is 5.88. The van der Waals surface area contributed by atoms with Crippen LogP contribution in [0.5, 0.6) is 0 Å². The van der Waals surface area contributed by atoms with Gasteiger partial charge in [0.2, 0.25) is 11.9 Å². The van der Waals surface area contributed by atoms with Crippen LogP contribution in [0.15, 0.2) is 36.8 Å². The Labute approximate surface area is 136 Å². The first-order valence-electron chi connectivity index (χ1n) is 7.69. The van der Waals surface area contributed by atoms with Crippen LogP contribution in [0.3, 0.4) is 0 Å². The number of anilines is 1. The van der Waals surface area contributed by atoms with Gasteiger partial charge in [0.1, 0.15) is 0 Å². The molecule has 6 heteroatoms. The minimum Gasteiger partial charge on any atom is -0.348 e. The standard InChI is InChI=1S/C17H21N5O/c1-13-15-5-4-8-21(15)9-10-22(13)16(23)7-6-14-11-18-17(19-12-14)20(2)3/h4-8,11-13H,9-10H2,1-3H3/b7-6+. The van der Waals surface area contributed by atoms with E-state index in [0.29, 0.717) is 5.95 Å². The molecule has 6 nitrogen and oxygen atoms in total. The highest BCUT2D eigenvalue weighted by molar-refractivity contribution is 5.92. The van der Waals surface area contributed by atoms with Crippen molar-refractivity contribution in [3.63, 3.8) is 0 Å². The van der Waals surface area contributed by atoms with Gasteiger partial charge in [0.15, 0.2) is 0 Å². The first-order valence-corrected chi connectivity index (χ1v) is 7.69. The molecule has 0 saturated heterocycles. The van der Waals surface area contributed by atoms with Crippen LogP contribution in [0.1, 0.15) is 24.2 Å². The van der Waals surface area contributed by atoms with Crippen LogP contribution in [0.4, 0.5) is 5.95 Å². The topological polar surface area (TPSA) is 54.3 Å². The molecule has 2 aromatic heterocycles. The molecular weight excluding hydrogens is 290 g/mol. The van der Waals surface area contributed by atoms with Crippen LogP contribution in [0.25, 0.3) is 6.08 Å². The average Bonchev–Trinajstić information content (AvgIpc) is 3.03. The van der Waals surface area contributed by atoms with E-state index in [2.05, 4.69) is 33.7 Å². The van der Waals surface area contributed by atoms with E-state index in [0.717, 1.165) is 18.7 Å². The molecule has 0 N–H and O–H groups in total. The van der Waals surface area contributed by atoms with E-state index < -0.39 is 0 Å². The molecule has 1 amide bonds. The molecule has 0 radical (unpaired) electrons. The zero-order valence-electron chi connectivity index (χ0n) is 13.7. The van der Waals surface area contributed by atoms with Crippen LogP contribution >= 0.6 is 0 Å². The summed E-state index contributed by atoms with van der Waals surface area (Å²) in [5.74, 6) is 0.667. The molecule has 1 aliphatic heterocycles. The van der Waals surface area contributed by atoms with Crippen molar-refractivity contribution in [3.8, 4) is 0 Å². The highest BCUT2D eigenvalue weighted by atomic mass is 16.2. The summed E-state index contributed by atoms with van der Waals surface area (Å²) < 4.78 is 2.20. The predicted molar refractivity (Wildman–Crippen MR) is 90.0 cm³/mol. The maximum atomic E-state index is 12.5. The van der Waals surface area contributed by atoms with Gasteiger partial charge in [0, 0.05) is 63.1 Å². The van der Waals surface area contributed by atoms with Gasteiger partial charge < -0.3 is 14.4 Å². The fraction of sp³-hybridized carbons (Fsp3) is 0.353. The fourth-order valence-corrected chi connectivity index (χ4v) is 2.79. The van der Waals surface area contributed by atoms with Gasteiger partial charge in [-0.05, 0) is 25.1 Å². The Morgan fingerprint density at radius 3 is 2.74 bits per heavy atom. The molecule has 0 saturated carbocycles. The molecule has 0 fully saturated rings. The summed E-state index contributed by atoms with van der Waals surface area (Å²) in [5.41, 5.74) is 1.99. The van der Waals surface area contributed by atoms with E-state index in [4.69, 9.17) is 0 Å². The van der Waals surface area contributed by atoms with E-state index in [-0.39, 0.29) is 11.9 Å². The first kappa shape index (κ1) is 15.3. The van der Waals surface area contributed by atoms with Gasteiger partial charge in [-0.2, -0.15) is 0 Å². The zero-order chi connectivity index (χ0) is 16.4. The lowest BCUT2D eigenvalue weighted by Crippen LogP contribution is -2.39. The molecule has 3 heterocycles. The highest BCUT2D eigenvalue weighted by Gasteiger charge is 2.25. The number of amides is 1. The number of nitrogens with zero attached hydrogens (tertiary/aromatic N) is 5. The largest absolute Gasteiger partial charge is 0.348 e. The third kappa shape index (κ3) is 3.11. The maximum absolute atomic E-state index is 12.5. The molecule has 1 unspecified atom stereocenters. The lowest BCUT2D eigenvalue weighted by atomic mass is 10.1. The minimum atomic E-state index is 0.0154. The molecule has 1 atom stereocenters. The Balaban J connectivity index is 1.69. The number of rotatable bonds is 3. The van der Waals surface area contributed by atoms with Gasteiger partial charge in [-0.1, -0.05) is 0 Å². The van der Waals surface area contributed by atoms with E-state index in [1.165, 1.54) is 5.69 Å². The summed E-state index contributed by atoms with van der Waals surface area (Å²) in [4.78, 5) is 24.7. The smallest absolute Gasteiger partial charge is 0.247 e. The molecule has 2 aromatic rings. The maximum Gasteiger partial charge on any atom is 0.247 e. The zero-order valence-corrected chi connectivity index (χ0v) is 13.7. The summed E-state index contributed by atoms with van der Waals surface area (Å²) in [6.07, 6.45) is 8.87. The molecule has 0 bridgehead atoms. The van der Waals surface area contributed by atoms with Gasteiger partial charge in [-0.3, -0.25) is 4.79 Å². The molecule has 23 heavy (non-hydrogen) atoms. The van der Waals surface area contributed by atoms with Crippen molar-refractivity contribution in [1.29, 1.82) is 0 Å². The molecule has 1 aliphatic rings. The molecule has 0 aromatic carbocycles. The number of hydrogen-bond donors (Lipinski definition) is 0. The molecule has 120 valence electrons. The van der Waals surface area contributed by atoms with Gasteiger partial charge >= 0.3 is 0 Å². The van der Waals surface area contributed by atoms with Crippen LogP contribution in [-0.4, -0.2) is 46.0 Å². The van der Waals surface area contributed by atoms with Gasteiger partial charge in [-0.25, -0.2) is 9.97 Å². The van der Waals surface area contributed by atoms with Crippen molar-refractivity contribution in [2.75, 3.05) is 25.5 Å². The van der Waals surface area contributed by atoms with E-state index in [9.17, 15) is 4.79 Å². The van der Waals surface area contributed by atoms with Crippen molar-refractivity contribution in [2.24, 2.45) is 0 Å². The van der Waals surface area contributed by atoms with Crippen LogP contribution in [-0.2, 0) is 11.3 Å². The summed E-state index contributed by atoms with van der Waals surface area (Å²) >= 11 is 0. The lowest BCUT2D eigenvalue weighted by molar-refractivity contribution is -0.129. The van der Waals surface area contributed by atoms with Crippen LogP contribution < -0.4 is 4.90 Å². The fourth-order valence-electron chi connectivity index (χ4n) is 2.79. The molecule has 0 spiro atoms. The lowest BCUT2D eigenvalue weighted by Gasteiger charge is -2.34. The Kier molecular flexibility index (Phi) is 4.14. The van der Waals surface area contributed by atoms with Crippen molar-refractivity contribution in [1.82, 2.24) is 19.4 Å². The second kappa shape index (κ2) is 6.24. The summed E-state index contributed by atoms with van der Waals surface area (Å²) in [7, 11) is 3.78. The normalized spacial score (nSPS) is 17.3. The quantitative estimate of drug-likeness (QED) is 0.813. The number of hydrogen-bond acceptors (Lipinski definition) is 4. The van der Waals surface area contributed by atoms with Gasteiger partial charge in [0.25, 0.3) is 0 Å². The molecule has 0 aliphatic carbocycles. The molecule has 3 rings (SSSR count). The molecular formula is C17H21N5O. The SMILES string of the molecule is CC1c2cccn2CCN1C(=O)/C=C/c1cnc(N(C)C)nc1. The first-order chi connectivity index (χ1) is 11.1. The number of fused-ring (bicyclic) bond motifs is 1. The highest BCUT2D eigenvalue weighted by Crippen LogP contribution is 2.25. The van der Waals surface area contributed by atoms with E-state index in [1.54, 1.807) is 24.5 Å². The third-order valence-corrected chi connectivity index (χ3v) is 4.10. The summed E-state index contributed by atoms with van der Waals surface area (Å²) in [6, 6.07) is 4.18. The number of aromatic nitrogens is 3. The van der Waals surface area contributed by atoms with Gasteiger partial charge in [-0.15, -0.1) is 0 Å². The Morgan fingerprint density at radius 2 is 2.04 bits per heavy atom. The van der Waals surface area contributed by atoms with Crippen molar-refractivity contribution >= 4 is 17.9 Å². The van der Waals surface area contributed by atoms with Crippen molar-refractivity contribution in [3.05, 3.63) is 48.1 Å². The third-order valence-electron chi connectivity index (χ3n) is 4.10. The average molecular weight is 311 g/mol. The Bertz CT molecular complexity index is 717. The summed E-state index contributed by atoms with van der Waals surface area (Å²) in [5, 5.41) is 0. The second-order valence-corrected chi connectivity index (χ2v) is 5.88. The summed E-state index contributed by atoms with van der Waals surface area (Å²) in [6.45, 7) is 3.63. The Hall–Kier alpha value is -2.63. The Morgan fingerprint density at radius 1 is 1.30 bits per heavy atom. The number of carbonyl (C=O) groups excluding carboxylic acids is 1. The number of carbonyl (C=O) groups is 1. The van der Waals surface area contributed by atoms with E-state index >= 15 is 0 Å². The van der Waals surface area contributed by atoms with Crippen molar-refractivity contribution in [2.45, 2.75) is 19.5 Å².